The molecule has 0 aliphatic carbocycles. The van der Waals surface area contributed by atoms with Gasteiger partial charge in [-0.05, 0) is 17.5 Å². The standard InChI is InChI=1S/C13H18ClNO/c1-4-13(15(3)10(2)16)12-7-5-11(9-14)6-8-12/h5-8,13H,4,9H2,1-3H3. The van der Waals surface area contributed by atoms with Gasteiger partial charge in [-0.25, -0.2) is 0 Å². The van der Waals surface area contributed by atoms with Crippen LogP contribution in [0, 0.1) is 0 Å². The summed E-state index contributed by atoms with van der Waals surface area (Å²) in [6, 6.07) is 8.27. The van der Waals surface area contributed by atoms with E-state index in [1.54, 1.807) is 11.8 Å². The van der Waals surface area contributed by atoms with Gasteiger partial charge in [0.15, 0.2) is 0 Å². The van der Waals surface area contributed by atoms with Crippen molar-refractivity contribution in [2.75, 3.05) is 7.05 Å². The van der Waals surface area contributed by atoms with Gasteiger partial charge in [0.25, 0.3) is 0 Å². The molecular weight excluding hydrogens is 222 g/mol. The SMILES string of the molecule is CCC(c1ccc(CCl)cc1)N(C)C(C)=O. The largest absolute Gasteiger partial charge is 0.339 e. The van der Waals surface area contributed by atoms with Crippen molar-refractivity contribution in [3.05, 3.63) is 35.4 Å². The Kier molecular flexibility index (Phi) is 4.81. The smallest absolute Gasteiger partial charge is 0.219 e. The molecule has 3 heteroatoms. The summed E-state index contributed by atoms with van der Waals surface area (Å²) in [6.07, 6.45) is 0.913. The molecule has 1 aromatic carbocycles. The summed E-state index contributed by atoms with van der Waals surface area (Å²) in [5.74, 6) is 0.618. The third kappa shape index (κ3) is 2.99. The highest BCUT2D eigenvalue weighted by Gasteiger charge is 2.16. The van der Waals surface area contributed by atoms with Crippen molar-refractivity contribution in [1.29, 1.82) is 0 Å². The van der Waals surface area contributed by atoms with E-state index in [1.165, 1.54) is 0 Å². The fourth-order valence-electron chi connectivity index (χ4n) is 1.78. The molecule has 16 heavy (non-hydrogen) atoms. The normalized spacial score (nSPS) is 12.2. The Labute approximate surface area is 102 Å². The predicted octanol–water partition coefficient (Wildman–Crippen LogP) is 3.35. The summed E-state index contributed by atoms with van der Waals surface area (Å²) in [7, 11) is 1.84. The Bertz CT molecular complexity index is 347. The molecule has 2 nitrogen and oxygen atoms in total. The molecule has 1 unspecified atom stereocenters. The van der Waals surface area contributed by atoms with Crippen molar-refractivity contribution in [2.45, 2.75) is 32.2 Å². The van der Waals surface area contributed by atoms with Crippen molar-refractivity contribution in [1.82, 2.24) is 4.90 Å². The number of halogens is 1. The van der Waals surface area contributed by atoms with E-state index in [2.05, 4.69) is 6.92 Å². The van der Waals surface area contributed by atoms with Crippen molar-refractivity contribution in [3.8, 4) is 0 Å². The second kappa shape index (κ2) is 5.90. The minimum atomic E-state index is 0.0910. The van der Waals surface area contributed by atoms with E-state index in [1.807, 2.05) is 31.3 Å². The zero-order valence-electron chi connectivity index (χ0n) is 10.0. The molecule has 0 heterocycles. The summed E-state index contributed by atoms with van der Waals surface area (Å²) in [5, 5.41) is 0. The summed E-state index contributed by atoms with van der Waals surface area (Å²) in [4.78, 5) is 13.1. The molecule has 1 rings (SSSR count). The molecule has 0 N–H and O–H groups in total. The van der Waals surface area contributed by atoms with E-state index in [9.17, 15) is 4.79 Å². The van der Waals surface area contributed by atoms with E-state index in [0.29, 0.717) is 5.88 Å². The number of carbonyl (C=O) groups excluding carboxylic acids is 1. The van der Waals surface area contributed by atoms with Gasteiger partial charge in [0.1, 0.15) is 0 Å². The third-order valence-corrected chi connectivity index (χ3v) is 3.18. The van der Waals surface area contributed by atoms with Gasteiger partial charge in [0.2, 0.25) is 5.91 Å². The van der Waals surface area contributed by atoms with Crippen LogP contribution < -0.4 is 0 Å². The minimum absolute atomic E-state index is 0.0910. The van der Waals surface area contributed by atoms with Gasteiger partial charge in [0, 0.05) is 19.9 Å². The van der Waals surface area contributed by atoms with Crippen molar-refractivity contribution in [3.63, 3.8) is 0 Å². The van der Waals surface area contributed by atoms with Gasteiger partial charge in [-0.3, -0.25) is 4.79 Å². The van der Waals surface area contributed by atoms with Crippen LogP contribution in [0.15, 0.2) is 24.3 Å². The van der Waals surface area contributed by atoms with Gasteiger partial charge >= 0.3 is 0 Å². The van der Waals surface area contributed by atoms with E-state index >= 15 is 0 Å². The first-order valence-corrected chi connectivity index (χ1v) is 6.01. The van der Waals surface area contributed by atoms with Crippen LogP contribution in [-0.2, 0) is 10.7 Å². The van der Waals surface area contributed by atoms with Gasteiger partial charge in [0.05, 0.1) is 6.04 Å². The number of nitrogens with zero attached hydrogens (tertiary/aromatic N) is 1. The van der Waals surface area contributed by atoms with Crippen LogP contribution in [0.25, 0.3) is 0 Å². The lowest BCUT2D eigenvalue weighted by molar-refractivity contribution is -0.129. The Balaban J connectivity index is 2.90. The maximum absolute atomic E-state index is 11.3. The van der Waals surface area contributed by atoms with E-state index in [0.717, 1.165) is 17.5 Å². The molecule has 0 aliphatic rings. The quantitative estimate of drug-likeness (QED) is 0.738. The molecule has 0 fully saturated rings. The molecule has 0 saturated heterocycles. The van der Waals surface area contributed by atoms with Crippen molar-refractivity contribution in [2.24, 2.45) is 0 Å². The highest BCUT2D eigenvalue weighted by Crippen LogP contribution is 2.23. The number of hydrogen-bond acceptors (Lipinski definition) is 1. The third-order valence-electron chi connectivity index (χ3n) is 2.87. The van der Waals surface area contributed by atoms with E-state index in [4.69, 9.17) is 11.6 Å². The molecule has 0 saturated carbocycles. The van der Waals surface area contributed by atoms with Crippen LogP contribution in [0.2, 0.25) is 0 Å². The number of alkyl halides is 1. The minimum Gasteiger partial charge on any atom is -0.339 e. The molecule has 88 valence electrons. The van der Waals surface area contributed by atoms with Gasteiger partial charge < -0.3 is 4.90 Å². The highest BCUT2D eigenvalue weighted by molar-refractivity contribution is 6.17. The van der Waals surface area contributed by atoms with Crippen LogP contribution in [0.3, 0.4) is 0 Å². The zero-order chi connectivity index (χ0) is 12.1. The lowest BCUT2D eigenvalue weighted by atomic mass is 10.0. The Morgan fingerprint density at radius 2 is 1.94 bits per heavy atom. The molecule has 0 aromatic heterocycles. The molecule has 1 atom stereocenters. The monoisotopic (exact) mass is 239 g/mol. The molecule has 1 aromatic rings. The second-order valence-electron chi connectivity index (χ2n) is 3.93. The molecule has 0 bridgehead atoms. The number of hydrogen-bond donors (Lipinski definition) is 0. The van der Waals surface area contributed by atoms with Crippen LogP contribution in [0.5, 0.6) is 0 Å². The van der Waals surface area contributed by atoms with Gasteiger partial charge in [-0.15, -0.1) is 11.6 Å². The Morgan fingerprint density at radius 3 is 2.31 bits per heavy atom. The van der Waals surface area contributed by atoms with Gasteiger partial charge in [-0.2, -0.15) is 0 Å². The summed E-state index contributed by atoms with van der Waals surface area (Å²) in [5.41, 5.74) is 2.26. The van der Waals surface area contributed by atoms with Crippen molar-refractivity contribution >= 4 is 17.5 Å². The summed E-state index contributed by atoms with van der Waals surface area (Å²) >= 11 is 5.74. The number of carbonyl (C=O) groups is 1. The molecular formula is C13H18ClNO. The first-order valence-electron chi connectivity index (χ1n) is 5.48. The van der Waals surface area contributed by atoms with Crippen LogP contribution in [0.1, 0.15) is 37.4 Å². The highest BCUT2D eigenvalue weighted by atomic mass is 35.5. The Morgan fingerprint density at radius 1 is 1.38 bits per heavy atom. The maximum Gasteiger partial charge on any atom is 0.219 e. The van der Waals surface area contributed by atoms with Gasteiger partial charge in [-0.1, -0.05) is 31.2 Å². The maximum atomic E-state index is 11.3. The molecule has 1 amide bonds. The number of rotatable bonds is 4. The average Bonchev–Trinajstić information content (AvgIpc) is 2.30. The fourth-order valence-corrected chi connectivity index (χ4v) is 1.96. The van der Waals surface area contributed by atoms with Crippen LogP contribution in [-0.4, -0.2) is 17.9 Å². The number of amides is 1. The summed E-state index contributed by atoms with van der Waals surface area (Å²) < 4.78 is 0. The molecule has 0 radical (unpaired) electrons. The molecule has 0 aliphatic heterocycles. The number of benzene rings is 1. The molecule has 0 spiro atoms. The van der Waals surface area contributed by atoms with Crippen LogP contribution in [0.4, 0.5) is 0 Å². The topological polar surface area (TPSA) is 20.3 Å². The lowest BCUT2D eigenvalue weighted by Crippen LogP contribution is -2.28. The average molecular weight is 240 g/mol. The second-order valence-corrected chi connectivity index (χ2v) is 4.20. The first-order chi connectivity index (χ1) is 7.60. The van der Waals surface area contributed by atoms with E-state index < -0.39 is 0 Å². The Hall–Kier alpha value is -1.02. The van der Waals surface area contributed by atoms with E-state index in [-0.39, 0.29) is 11.9 Å². The van der Waals surface area contributed by atoms with Crippen LogP contribution >= 0.6 is 11.6 Å². The first kappa shape index (κ1) is 13.0. The lowest BCUT2D eigenvalue weighted by Gasteiger charge is -2.26. The fraction of sp³-hybridized carbons (Fsp3) is 0.462. The van der Waals surface area contributed by atoms with Crippen molar-refractivity contribution < 1.29 is 4.79 Å². The summed E-state index contributed by atoms with van der Waals surface area (Å²) in [6.45, 7) is 3.68. The zero-order valence-corrected chi connectivity index (χ0v) is 10.8. The predicted molar refractivity (Wildman–Crippen MR) is 67.5 cm³/mol.